The van der Waals surface area contributed by atoms with Crippen LogP contribution in [0.5, 0.6) is 0 Å². The van der Waals surface area contributed by atoms with Crippen LogP contribution in [-0.2, 0) is 11.2 Å². The number of hydrogen-bond donors (Lipinski definition) is 0. The zero-order valence-electron chi connectivity index (χ0n) is 9.15. The molecule has 0 aliphatic rings. The van der Waals surface area contributed by atoms with E-state index >= 15 is 0 Å². The fraction of sp³-hybridized carbons (Fsp3) is 0.700. The van der Waals surface area contributed by atoms with Crippen LogP contribution in [0.1, 0.15) is 41.6 Å². The van der Waals surface area contributed by atoms with Crippen molar-refractivity contribution in [2.45, 2.75) is 32.6 Å². The molecule has 0 atom stereocenters. The quantitative estimate of drug-likeness (QED) is 0.529. The lowest BCUT2D eigenvalue weighted by molar-refractivity contribution is 0.0966. The fourth-order valence-corrected chi connectivity index (χ4v) is 1.98. The van der Waals surface area contributed by atoms with Crippen molar-refractivity contribution in [2.24, 2.45) is 0 Å². The highest BCUT2D eigenvalue weighted by atomic mass is 32.1. The number of aromatic nitrogens is 2. The Kier molecular flexibility index (Phi) is 5.42. The maximum atomic E-state index is 11.8. The normalized spacial score (nSPS) is 10.5. The number of aryl methyl sites for hydroxylation is 1. The van der Waals surface area contributed by atoms with E-state index in [4.69, 9.17) is 4.74 Å². The van der Waals surface area contributed by atoms with Crippen LogP contribution in [0.15, 0.2) is 0 Å². The largest absolute Gasteiger partial charge is 0.385 e. The Morgan fingerprint density at radius 1 is 1.53 bits per heavy atom. The van der Waals surface area contributed by atoms with Crippen LogP contribution in [-0.4, -0.2) is 29.1 Å². The van der Waals surface area contributed by atoms with Crippen LogP contribution in [0.3, 0.4) is 0 Å². The summed E-state index contributed by atoms with van der Waals surface area (Å²) < 4.78 is 8.74. The Morgan fingerprint density at radius 2 is 2.33 bits per heavy atom. The van der Waals surface area contributed by atoms with Gasteiger partial charge in [-0.25, -0.2) is 0 Å². The van der Waals surface area contributed by atoms with Gasteiger partial charge in [-0.2, -0.15) is 0 Å². The number of carbonyl (C=O) groups excluding carboxylic acids is 1. The zero-order chi connectivity index (χ0) is 11.1. The lowest BCUT2D eigenvalue weighted by Crippen LogP contribution is -2.02. The van der Waals surface area contributed by atoms with Crippen molar-refractivity contribution in [1.29, 1.82) is 0 Å². The minimum absolute atomic E-state index is 0.144. The number of Topliss-reactive ketones (excluding diaryl/α,β-unsaturated/α-hetero) is 1. The lowest BCUT2D eigenvalue weighted by Gasteiger charge is -1.99. The molecule has 0 saturated carbocycles. The number of ketones is 1. The molecule has 0 N–H and O–H groups in total. The average Bonchev–Trinajstić information content (AvgIpc) is 2.67. The molecule has 5 heteroatoms. The summed E-state index contributed by atoms with van der Waals surface area (Å²) in [4.78, 5) is 12.5. The molecule has 1 aromatic rings. The van der Waals surface area contributed by atoms with Crippen LogP contribution in [0.4, 0.5) is 0 Å². The minimum Gasteiger partial charge on any atom is -0.385 e. The molecule has 1 aromatic heterocycles. The van der Waals surface area contributed by atoms with Gasteiger partial charge in [0.25, 0.3) is 0 Å². The second-order valence-corrected chi connectivity index (χ2v) is 4.07. The molecule has 0 spiro atoms. The highest BCUT2D eigenvalue weighted by Gasteiger charge is 2.14. The number of rotatable bonds is 7. The first-order valence-corrected chi connectivity index (χ1v) is 5.90. The Hall–Kier alpha value is -0.810. The van der Waals surface area contributed by atoms with Gasteiger partial charge in [0.1, 0.15) is 4.88 Å². The van der Waals surface area contributed by atoms with Crippen LogP contribution >= 0.6 is 11.5 Å². The van der Waals surface area contributed by atoms with Crippen molar-refractivity contribution in [2.75, 3.05) is 13.7 Å². The summed E-state index contributed by atoms with van der Waals surface area (Å²) >= 11 is 1.20. The van der Waals surface area contributed by atoms with Crippen LogP contribution in [0, 0.1) is 0 Å². The molecule has 0 bridgehead atoms. The number of hydrogen-bond acceptors (Lipinski definition) is 5. The third-order valence-electron chi connectivity index (χ3n) is 2.05. The molecule has 0 aromatic carbocycles. The van der Waals surface area contributed by atoms with Crippen molar-refractivity contribution in [3.05, 3.63) is 10.6 Å². The summed E-state index contributed by atoms with van der Waals surface area (Å²) in [6, 6.07) is 0. The van der Waals surface area contributed by atoms with Gasteiger partial charge in [-0.1, -0.05) is 17.8 Å². The van der Waals surface area contributed by atoms with Crippen LogP contribution in [0.25, 0.3) is 0 Å². The van der Waals surface area contributed by atoms with E-state index in [2.05, 4.69) is 16.5 Å². The van der Waals surface area contributed by atoms with Gasteiger partial charge < -0.3 is 4.74 Å². The monoisotopic (exact) mass is 228 g/mol. The third-order valence-corrected chi connectivity index (χ3v) is 2.86. The molecule has 0 fully saturated rings. The first kappa shape index (κ1) is 12.3. The molecular formula is C10H16N2O2S. The molecule has 0 aliphatic heterocycles. The molecule has 15 heavy (non-hydrogen) atoms. The molecule has 4 nitrogen and oxygen atoms in total. The molecule has 1 rings (SSSR count). The van der Waals surface area contributed by atoms with E-state index in [1.165, 1.54) is 11.5 Å². The van der Waals surface area contributed by atoms with Gasteiger partial charge in [0.2, 0.25) is 0 Å². The van der Waals surface area contributed by atoms with E-state index in [1.54, 1.807) is 7.11 Å². The number of carbonyl (C=O) groups is 1. The smallest absolute Gasteiger partial charge is 0.176 e. The van der Waals surface area contributed by atoms with Crippen LogP contribution < -0.4 is 0 Å². The lowest BCUT2D eigenvalue weighted by atomic mass is 10.1. The van der Waals surface area contributed by atoms with Crippen molar-refractivity contribution >= 4 is 17.3 Å². The average molecular weight is 228 g/mol. The van der Waals surface area contributed by atoms with Crippen molar-refractivity contribution in [3.8, 4) is 0 Å². The molecule has 0 saturated heterocycles. The first-order valence-electron chi connectivity index (χ1n) is 5.13. The zero-order valence-corrected chi connectivity index (χ0v) is 9.97. The summed E-state index contributed by atoms with van der Waals surface area (Å²) in [5.74, 6) is 0.144. The molecule has 0 radical (unpaired) electrons. The number of ether oxygens (including phenoxy) is 1. The Bertz CT molecular complexity index is 312. The summed E-state index contributed by atoms with van der Waals surface area (Å²) in [6.45, 7) is 2.69. The van der Waals surface area contributed by atoms with E-state index in [1.807, 2.05) is 0 Å². The second-order valence-electron chi connectivity index (χ2n) is 3.32. The van der Waals surface area contributed by atoms with Gasteiger partial charge in [0, 0.05) is 20.1 Å². The standard InChI is InChI=1S/C10H16N2O2S/c1-3-5-8-10(15-12-11-8)9(13)6-4-7-14-2/h3-7H2,1-2H3. The van der Waals surface area contributed by atoms with Crippen molar-refractivity contribution < 1.29 is 9.53 Å². The van der Waals surface area contributed by atoms with E-state index in [0.29, 0.717) is 13.0 Å². The third kappa shape index (κ3) is 3.68. The summed E-state index contributed by atoms with van der Waals surface area (Å²) in [5.41, 5.74) is 0.852. The van der Waals surface area contributed by atoms with Gasteiger partial charge in [0.15, 0.2) is 5.78 Å². The molecule has 1 heterocycles. The van der Waals surface area contributed by atoms with Gasteiger partial charge in [-0.15, -0.1) is 5.10 Å². The van der Waals surface area contributed by atoms with Gasteiger partial charge in [-0.05, 0) is 24.4 Å². The predicted octanol–water partition coefficient (Wildman–Crippen LogP) is 2.10. The van der Waals surface area contributed by atoms with Gasteiger partial charge in [0.05, 0.1) is 5.69 Å². The highest BCUT2D eigenvalue weighted by molar-refractivity contribution is 7.08. The molecular weight excluding hydrogens is 212 g/mol. The Labute approximate surface area is 93.8 Å². The first-order chi connectivity index (χ1) is 7.29. The van der Waals surface area contributed by atoms with E-state index in [0.717, 1.165) is 29.8 Å². The fourth-order valence-electron chi connectivity index (χ4n) is 1.31. The van der Waals surface area contributed by atoms with Crippen molar-refractivity contribution in [1.82, 2.24) is 9.59 Å². The Balaban J connectivity index is 2.53. The van der Waals surface area contributed by atoms with Gasteiger partial charge >= 0.3 is 0 Å². The molecule has 0 amide bonds. The summed E-state index contributed by atoms with van der Waals surface area (Å²) in [5, 5.41) is 3.97. The van der Waals surface area contributed by atoms with Gasteiger partial charge in [-0.3, -0.25) is 4.79 Å². The molecule has 0 unspecified atom stereocenters. The second kappa shape index (κ2) is 6.63. The minimum atomic E-state index is 0.144. The summed E-state index contributed by atoms with van der Waals surface area (Å²) in [6.07, 6.45) is 3.11. The summed E-state index contributed by atoms with van der Waals surface area (Å²) in [7, 11) is 1.64. The maximum absolute atomic E-state index is 11.8. The molecule has 84 valence electrons. The topological polar surface area (TPSA) is 52.1 Å². The van der Waals surface area contributed by atoms with Crippen LogP contribution in [0.2, 0.25) is 0 Å². The van der Waals surface area contributed by atoms with Crippen molar-refractivity contribution in [3.63, 3.8) is 0 Å². The Morgan fingerprint density at radius 3 is 3.00 bits per heavy atom. The predicted molar refractivity (Wildman–Crippen MR) is 59.3 cm³/mol. The van der Waals surface area contributed by atoms with E-state index in [-0.39, 0.29) is 5.78 Å². The van der Waals surface area contributed by atoms with E-state index < -0.39 is 0 Å². The highest BCUT2D eigenvalue weighted by Crippen LogP contribution is 2.15. The molecule has 0 aliphatic carbocycles. The maximum Gasteiger partial charge on any atom is 0.176 e. The number of methoxy groups -OCH3 is 1. The number of nitrogens with zero attached hydrogens (tertiary/aromatic N) is 2. The van der Waals surface area contributed by atoms with E-state index in [9.17, 15) is 4.79 Å². The SMILES string of the molecule is CCCc1nnsc1C(=O)CCCOC.